The van der Waals surface area contributed by atoms with E-state index < -0.39 is 0 Å². The zero-order valence-corrected chi connectivity index (χ0v) is 13.0. The van der Waals surface area contributed by atoms with Gasteiger partial charge in [-0.1, -0.05) is 25.8 Å². The maximum Gasteiger partial charge on any atom is 0.0930 e. The molecule has 0 aliphatic rings. The summed E-state index contributed by atoms with van der Waals surface area (Å²) in [5.74, 6) is 6.88. The van der Waals surface area contributed by atoms with E-state index in [4.69, 9.17) is 0 Å². The van der Waals surface area contributed by atoms with Gasteiger partial charge < -0.3 is 9.88 Å². The molecule has 0 bridgehead atoms. The number of nitrogens with one attached hydrogen (secondary N) is 1. The molecule has 0 amide bonds. The highest BCUT2D eigenvalue weighted by molar-refractivity contribution is 5.83. The van der Waals surface area contributed by atoms with Crippen LogP contribution in [0.1, 0.15) is 39.0 Å². The molecule has 0 saturated carbocycles. The van der Waals surface area contributed by atoms with E-state index in [1.54, 1.807) is 0 Å². The molecule has 1 aromatic carbocycles. The van der Waals surface area contributed by atoms with Crippen molar-refractivity contribution in [1.82, 2.24) is 9.88 Å². The van der Waals surface area contributed by atoms with Gasteiger partial charge in [-0.05, 0) is 56.0 Å². The van der Waals surface area contributed by atoms with Gasteiger partial charge in [-0.25, -0.2) is 0 Å². The van der Waals surface area contributed by atoms with Crippen molar-refractivity contribution in [3.05, 3.63) is 35.5 Å². The Labute approximate surface area is 122 Å². The molecule has 0 spiro atoms. The standard InChI is InChI=1S/C18H24N2/c1-5-7-17-11-16-10-15(13-19-12-14(3)4)8-9-18(16)20(17)6-2/h8-11,14,19H,6,12-13H2,1-4H3. The highest BCUT2D eigenvalue weighted by Crippen LogP contribution is 2.21. The lowest BCUT2D eigenvalue weighted by Crippen LogP contribution is -2.18. The minimum absolute atomic E-state index is 0.686. The molecular weight excluding hydrogens is 244 g/mol. The van der Waals surface area contributed by atoms with E-state index in [1.165, 1.54) is 16.5 Å². The van der Waals surface area contributed by atoms with Crippen molar-refractivity contribution in [2.24, 2.45) is 5.92 Å². The first-order valence-electron chi connectivity index (χ1n) is 7.41. The van der Waals surface area contributed by atoms with Crippen molar-refractivity contribution in [2.75, 3.05) is 6.54 Å². The van der Waals surface area contributed by atoms with E-state index >= 15 is 0 Å². The molecule has 2 nitrogen and oxygen atoms in total. The van der Waals surface area contributed by atoms with Crippen LogP contribution < -0.4 is 5.32 Å². The van der Waals surface area contributed by atoms with Crippen molar-refractivity contribution in [3.8, 4) is 11.8 Å². The van der Waals surface area contributed by atoms with Crippen LogP contribution in [-0.4, -0.2) is 11.1 Å². The molecule has 0 unspecified atom stereocenters. The zero-order valence-electron chi connectivity index (χ0n) is 13.0. The zero-order chi connectivity index (χ0) is 14.5. The van der Waals surface area contributed by atoms with Crippen LogP contribution in [-0.2, 0) is 13.1 Å². The fourth-order valence-corrected chi connectivity index (χ4v) is 2.51. The fourth-order valence-electron chi connectivity index (χ4n) is 2.51. The lowest BCUT2D eigenvalue weighted by atomic mass is 10.1. The number of fused-ring (bicyclic) bond motifs is 1. The van der Waals surface area contributed by atoms with Crippen LogP contribution in [0.2, 0.25) is 0 Å². The monoisotopic (exact) mass is 268 g/mol. The van der Waals surface area contributed by atoms with Crippen LogP contribution in [0.25, 0.3) is 10.9 Å². The summed E-state index contributed by atoms with van der Waals surface area (Å²) in [6.45, 7) is 11.5. The fraction of sp³-hybridized carbons (Fsp3) is 0.444. The van der Waals surface area contributed by atoms with Crippen molar-refractivity contribution in [1.29, 1.82) is 0 Å². The minimum Gasteiger partial charge on any atom is -0.334 e. The maximum atomic E-state index is 3.49. The molecule has 0 radical (unpaired) electrons. The van der Waals surface area contributed by atoms with Gasteiger partial charge in [-0.2, -0.15) is 0 Å². The number of aryl methyl sites for hydroxylation is 1. The van der Waals surface area contributed by atoms with Crippen LogP contribution in [0.3, 0.4) is 0 Å². The van der Waals surface area contributed by atoms with Gasteiger partial charge in [-0.3, -0.25) is 0 Å². The lowest BCUT2D eigenvalue weighted by molar-refractivity contribution is 0.552. The predicted molar refractivity (Wildman–Crippen MR) is 86.7 cm³/mol. The van der Waals surface area contributed by atoms with Gasteiger partial charge in [0.2, 0.25) is 0 Å². The van der Waals surface area contributed by atoms with E-state index in [0.717, 1.165) is 25.3 Å². The summed E-state index contributed by atoms with van der Waals surface area (Å²) in [4.78, 5) is 0. The smallest absolute Gasteiger partial charge is 0.0930 e. The summed E-state index contributed by atoms with van der Waals surface area (Å²) < 4.78 is 2.27. The summed E-state index contributed by atoms with van der Waals surface area (Å²) in [7, 11) is 0. The Bertz CT molecular complexity index is 638. The third kappa shape index (κ3) is 3.23. The van der Waals surface area contributed by atoms with Crippen LogP contribution in [0, 0.1) is 17.8 Å². The molecule has 0 aliphatic heterocycles. The second kappa shape index (κ2) is 6.63. The Hall–Kier alpha value is -1.72. The number of rotatable bonds is 5. The van der Waals surface area contributed by atoms with Crippen LogP contribution >= 0.6 is 0 Å². The van der Waals surface area contributed by atoms with E-state index in [2.05, 4.69) is 66.8 Å². The van der Waals surface area contributed by atoms with Crippen molar-refractivity contribution >= 4 is 10.9 Å². The number of benzene rings is 1. The lowest BCUT2D eigenvalue weighted by Gasteiger charge is -2.08. The predicted octanol–water partition coefficient (Wildman–Crippen LogP) is 3.78. The molecule has 2 heteroatoms. The first-order chi connectivity index (χ1) is 9.65. The quantitative estimate of drug-likeness (QED) is 0.817. The molecule has 0 atom stereocenters. The number of hydrogen-bond acceptors (Lipinski definition) is 1. The van der Waals surface area contributed by atoms with Gasteiger partial charge in [0, 0.05) is 24.0 Å². The molecule has 2 rings (SSSR count). The molecule has 0 saturated heterocycles. The molecule has 1 aromatic heterocycles. The van der Waals surface area contributed by atoms with Crippen LogP contribution in [0.5, 0.6) is 0 Å². The molecular formula is C18H24N2. The molecule has 0 fully saturated rings. The summed E-state index contributed by atoms with van der Waals surface area (Å²) >= 11 is 0. The normalized spacial score (nSPS) is 10.8. The van der Waals surface area contributed by atoms with Gasteiger partial charge in [0.1, 0.15) is 0 Å². The molecule has 20 heavy (non-hydrogen) atoms. The molecule has 2 aromatic rings. The van der Waals surface area contributed by atoms with Gasteiger partial charge in [0.05, 0.1) is 5.69 Å². The Balaban J connectivity index is 2.27. The first kappa shape index (κ1) is 14.7. The average molecular weight is 268 g/mol. The Morgan fingerprint density at radius 3 is 2.70 bits per heavy atom. The van der Waals surface area contributed by atoms with E-state index in [9.17, 15) is 0 Å². The molecule has 0 aliphatic carbocycles. The topological polar surface area (TPSA) is 17.0 Å². The van der Waals surface area contributed by atoms with Gasteiger partial charge in [-0.15, -0.1) is 0 Å². The van der Waals surface area contributed by atoms with Crippen molar-refractivity contribution in [3.63, 3.8) is 0 Å². The van der Waals surface area contributed by atoms with E-state index in [-0.39, 0.29) is 0 Å². The second-order valence-corrected chi connectivity index (χ2v) is 5.57. The SMILES string of the molecule is CC#Cc1cc2cc(CNCC(C)C)ccc2n1CC. The second-order valence-electron chi connectivity index (χ2n) is 5.57. The molecule has 1 heterocycles. The van der Waals surface area contributed by atoms with Crippen LogP contribution in [0.15, 0.2) is 24.3 Å². The summed E-state index contributed by atoms with van der Waals surface area (Å²) in [5.41, 5.74) is 3.72. The highest BCUT2D eigenvalue weighted by Gasteiger charge is 2.06. The number of aromatic nitrogens is 1. The first-order valence-corrected chi connectivity index (χ1v) is 7.41. The van der Waals surface area contributed by atoms with E-state index in [1.807, 2.05) is 6.92 Å². The molecule has 1 N–H and O–H groups in total. The number of nitrogens with zero attached hydrogens (tertiary/aromatic N) is 1. The molecule has 106 valence electrons. The van der Waals surface area contributed by atoms with Gasteiger partial charge in [0.25, 0.3) is 0 Å². The van der Waals surface area contributed by atoms with E-state index in [0.29, 0.717) is 5.92 Å². The summed E-state index contributed by atoms with van der Waals surface area (Å²) in [6.07, 6.45) is 0. The Morgan fingerprint density at radius 1 is 1.25 bits per heavy atom. The third-order valence-electron chi connectivity index (χ3n) is 3.42. The van der Waals surface area contributed by atoms with Gasteiger partial charge >= 0.3 is 0 Å². The van der Waals surface area contributed by atoms with Crippen molar-refractivity contribution < 1.29 is 0 Å². The summed E-state index contributed by atoms with van der Waals surface area (Å²) in [6, 6.07) is 8.90. The van der Waals surface area contributed by atoms with Crippen molar-refractivity contribution in [2.45, 2.75) is 40.8 Å². The Morgan fingerprint density at radius 2 is 2.05 bits per heavy atom. The summed E-state index contributed by atoms with van der Waals surface area (Å²) in [5, 5.41) is 4.78. The van der Waals surface area contributed by atoms with Crippen LogP contribution in [0.4, 0.5) is 0 Å². The third-order valence-corrected chi connectivity index (χ3v) is 3.42. The van der Waals surface area contributed by atoms with Gasteiger partial charge in [0.15, 0.2) is 0 Å². The highest BCUT2D eigenvalue weighted by atomic mass is 15.0. The largest absolute Gasteiger partial charge is 0.334 e. The number of hydrogen-bond donors (Lipinski definition) is 1. The maximum absolute atomic E-state index is 3.49. The average Bonchev–Trinajstić information content (AvgIpc) is 2.75. The minimum atomic E-state index is 0.686. The Kier molecular flexibility index (Phi) is 4.87.